The van der Waals surface area contributed by atoms with E-state index in [1.807, 2.05) is 0 Å². The van der Waals surface area contributed by atoms with Gasteiger partial charge in [0.25, 0.3) is 0 Å². The van der Waals surface area contributed by atoms with Crippen molar-refractivity contribution in [3.05, 3.63) is 12.2 Å². The average Bonchev–Trinajstić information content (AvgIpc) is 2.94. The van der Waals surface area contributed by atoms with Gasteiger partial charge in [0, 0.05) is 60.3 Å². The Labute approximate surface area is 277 Å². The molecule has 4 saturated carbocycles. The van der Waals surface area contributed by atoms with Crippen molar-refractivity contribution >= 4 is 5.97 Å². The van der Waals surface area contributed by atoms with Gasteiger partial charge < -0.3 is 33.2 Å². The van der Waals surface area contributed by atoms with Crippen LogP contribution in [0.4, 0.5) is 0 Å². The largest absolute Gasteiger partial charge is 0.455 e. The van der Waals surface area contributed by atoms with Crippen molar-refractivity contribution in [3.8, 4) is 0 Å². The van der Waals surface area contributed by atoms with E-state index in [1.165, 1.54) is 19.3 Å². The maximum Gasteiger partial charge on any atom is 0.333 e. The minimum Gasteiger partial charge on any atom is -0.455 e. The molecule has 0 spiro atoms. The number of rotatable bonds is 20. The molecule has 7 aliphatic rings. The molecular weight excluding hydrogens is 584 g/mol. The summed E-state index contributed by atoms with van der Waals surface area (Å²) in [7, 11) is 0. The molecule has 0 aromatic heterocycles. The second kappa shape index (κ2) is 13.4. The summed E-state index contributed by atoms with van der Waals surface area (Å²) < 4.78 is 45.6. The van der Waals surface area contributed by atoms with E-state index in [9.17, 15) is 4.79 Å². The quantitative estimate of drug-likeness (QED) is 0.102. The molecule has 0 unspecified atom stereocenters. The lowest BCUT2D eigenvalue weighted by molar-refractivity contribution is -0.346. The zero-order valence-corrected chi connectivity index (χ0v) is 29.4. The molecule has 7 fully saturated rings. The lowest BCUT2D eigenvalue weighted by atomic mass is 9.48. The van der Waals surface area contributed by atoms with Crippen LogP contribution in [0.25, 0.3) is 0 Å². The van der Waals surface area contributed by atoms with E-state index < -0.39 is 22.4 Å². The van der Waals surface area contributed by atoms with E-state index in [2.05, 4.69) is 27.4 Å². The number of hydrogen-bond donors (Lipinski definition) is 0. The summed E-state index contributed by atoms with van der Waals surface area (Å²) in [6.45, 7) is 18.9. The minimum absolute atomic E-state index is 0.0594. The smallest absolute Gasteiger partial charge is 0.333 e. The molecule has 3 heterocycles. The van der Waals surface area contributed by atoms with Gasteiger partial charge in [-0.3, -0.25) is 0 Å². The topological polar surface area (TPSA) is 81.7 Å². The summed E-state index contributed by atoms with van der Waals surface area (Å²) in [6, 6.07) is 0. The van der Waals surface area contributed by atoms with E-state index in [1.54, 1.807) is 6.92 Å². The van der Waals surface area contributed by atoms with E-state index in [0.717, 1.165) is 97.4 Å². The summed E-state index contributed by atoms with van der Waals surface area (Å²) in [5, 5.41) is 0. The van der Waals surface area contributed by atoms with E-state index >= 15 is 0 Å². The first-order valence-electron chi connectivity index (χ1n) is 18.5. The minimum atomic E-state index is -0.725. The highest BCUT2D eigenvalue weighted by Crippen LogP contribution is 2.66. The third-order valence-electron chi connectivity index (χ3n) is 12.2. The van der Waals surface area contributed by atoms with Crippen LogP contribution in [0.3, 0.4) is 0 Å². The van der Waals surface area contributed by atoms with E-state index in [4.69, 9.17) is 33.2 Å². The molecule has 0 radical (unpaired) electrons. The zero-order chi connectivity index (χ0) is 32.6. The molecule has 262 valence electrons. The molecule has 0 aromatic rings. The maximum absolute atomic E-state index is 13.3. The van der Waals surface area contributed by atoms with Gasteiger partial charge in [0.15, 0.2) is 0 Å². The Morgan fingerprint density at radius 2 is 0.870 bits per heavy atom. The van der Waals surface area contributed by atoms with Crippen molar-refractivity contribution < 1.29 is 38.0 Å². The molecule has 3 saturated heterocycles. The Balaban J connectivity index is 1.31. The van der Waals surface area contributed by atoms with Gasteiger partial charge in [-0.05, 0) is 26.2 Å². The van der Waals surface area contributed by atoms with Gasteiger partial charge in [0.2, 0.25) is 0 Å². The van der Waals surface area contributed by atoms with Crippen LogP contribution < -0.4 is 0 Å². The summed E-state index contributed by atoms with van der Waals surface area (Å²) in [6.07, 6.45) is 14.8. The maximum atomic E-state index is 13.3. The molecule has 4 bridgehead atoms. The molecule has 0 N–H and O–H groups in total. The van der Waals surface area contributed by atoms with E-state index in [0.29, 0.717) is 44.7 Å². The number of carbonyl (C=O) groups is 1. The molecule has 3 aliphatic heterocycles. The summed E-state index contributed by atoms with van der Waals surface area (Å²) in [4.78, 5) is 13.3. The summed E-state index contributed by atoms with van der Waals surface area (Å²) >= 11 is 0. The Hall–Kier alpha value is -1.03. The first-order chi connectivity index (χ1) is 22.0. The van der Waals surface area contributed by atoms with Crippen molar-refractivity contribution in [2.75, 3.05) is 59.5 Å². The molecule has 0 atom stereocenters. The van der Waals surface area contributed by atoms with Gasteiger partial charge >= 0.3 is 5.97 Å². The molecule has 4 aliphatic carbocycles. The normalized spacial score (nSPS) is 36.0. The van der Waals surface area contributed by atoms with Crippen molar-refractivity contribution in [2.45, 2.75) is 146 Å². The van der Waals surface area contributed by atoms with Crippen LogP contribution in [-0.4, -0.2) is 87.8 Å². The van der Waals surface area contributed by atoms with Gasteiger partial charge in [-0.15, -0.1) is 0 Å². The SMILES string of the molecule is C=C(C)C(=O)OC12CC3(OCC4(CCCC)COC4)CC(OCC4(CCCC)COC4)(CC(OCC4(CCCC)COC4)(C3)C1)C2. The zero-order valence-electron chi connectivity index (χ0n) is 29.4. The Bertz CT molecular complexity index is 968. The standard InChI is InChI=1S/C38H62O8/c1-6-9-12-32(21-40-22-32)27-43-35-15-36(44-28-33(13-10-7-2)23-41-24-33)17-37(16-35,45-29-34(14-11-8-3)25-42-26-34)20-38(18-35,19-36)46-31(39)30(4)5/h4,6-29H2,1-3,5H3. The average molecular weight is 647 g/mol. The third-order valence-corrected chi connectivity index (χ3v) is 12.2. The second-order valence-corrected chi connectivity index (χ2v) is 17.1. The van der Waals surface area contributed by atoms with Gasteiger partial charge in [0.1, 0.15) is 5.60 Å². The van der Waals surface area contributed by atoms with E-state index in [-0.39, 0.29) is 22.2 Å². The van der Waals surface area contributed by atoms with Crippen molar-refractivity contribution in [1.82, 2.24) is 0 Å². The van der Waals surface area contributed by atoms with Crippen LogP contribution in [0.2, 0.25) is 0 Å². The summed E-state index contributed by atoms with van der Waals surface area (Å²) in [5.74, 6) is -0.326. The molecule has 8 heteroatoms. The fourth-order valence-electron chi connectivity index (χ4n) is 9.77. The summed E-state index contributed by atoms with van der Waals surface area (Å²) in [5.41, 5.74) is -1.63. The fourth-order valence-corrected chi connectivity index (χ4v) is 9.77. The first-order valence-corrected chi connectivity index (χ1v) is 18.5. The highest BCUT2D eigenvalue weighted by atomic mass is 16.6. The van der Waals surface area contributed by atoms with Crippen LogP contribution in [0.15, 0.2) is 12.2 Å². The number of unbranched alkanes of at least 4 members (excludes halogenated alkanes) is 3. The van der Waals surface area contributed by atoms with Gasteiger partial charge in [-0.2, -0.15) is 0 Å². The van der Waals surface area contributed by atoms with Crippen molar-refractivity contribution in [2.24, 2.45) is 16.2 Å². The van der Waals surface area contributed by atoms with Crippen LogP contribution >= 0.6 is 0 Å². The predicted molar refractivity (Wildman–Crippen MR) is 176 cm³/mol. The van der Waals surface area contributed by atoms with Crippen LogP contribution in [0.1, 0.15) is 124 Å². The molecule has 46 heavy (non-hydrogen) atoms. The van der Waals surface area contributed by atoms with Crippen molar-refractivity contribution in [1.29, 1.82) is 0 Å². The van der Waals surface area contributed by atoms with Crippen LogP contribution in [-0.2, 0) is 38.0 Å². The molecule has 0 aromatic carbocycles. The lowest BCUT2D eigenvalue weighted by Crippen LogP contribution is -2.75. The second-order valence-electron chi connectivity index (χ2n) is 17.1. The molecule has 7 rings (SSSR count). The predicted octanol–water partition coefficient (Wildman–Crippen LogP) is 7.11. The number of carbonyl (C=O) groups excluding carboxylic acids is 1. The highest BCUT2D eigenvalue weighted by Gasteiger charge is 2.72. The number of ether oxygens (including phenoxy) is 7. The number of esters is 1. The molecule has 0 amide bonds. The van der Waals surface area contributed by atoms with Crippen molar-refractivity contribution in [3.63, 3.8) is 0 Å². The van der Waals surface area contributed by atoms with Crippen LogP contribution in [0.5, 0.6) is 0 Å². The van der Waals surface area contributed by atoms with Gasteiger partial charge in [-0.25, -0.2) is 4.79 Å². The molecule has 8 nitrogen and oxygen atoms in total. The lowest BCUT2D eigenvalue weighted by Gasteiger charge is -2.69. The number of hydrogen-bond acceptors (Lipinski definition) is 8. The Morgan fingerprint density at radius 1 is 0.565 bits per heavy atom. The highest BCUT2D eigenvalue weighted by molar-refractivity contribution is 5.87. The fraction of sp³-hybridized carbons (Fsp3) is 0.921. The van der Waals surface area contributed by atoms with Crippen LogP contribution in [0, 0.1) is 16.2 Å². The van der Waals surface area contributed by atoms with Gasteiger partial charge in [-0.1, -0.05) is 65.9 Å². The first kappa shape index (κ1) is 34.8. The Kier molecular flexibility index (Phi) is 10.1. The Morgan fingerprint density at radius 3 is 1.11 bits per heavy atom. The van der Waals surface area contributed by atoms with Gasteiger partial charge in [0.05, 0.1) is 76.3 Å². The third kappa shape index (κ3) is 7.00. The monoisotopic (exact) mass is 646 g/mol. The molecular formula is C38H62O8.